The Balaban J connectivity index is 2.97. The van der Waals surface area contributed by atoms with E-state index in [0.717, 1.165) is 6.07 Å². The van der Waals surface area contributed by atoms with E-state index in [-0.39, 0.29) is 18.2 Å². The molecule has 1 unspecified atom stereocenters. The van der Waals surface area contributed by atoms with E-state index in [1.807, 2.05) is 5.43 Å². The summed E-state index contributed by atoms with van der Waals surface area (Å²) in [6.07, 6.45) is -4.67. The molecule has 19 heavy (non-hydrogen) atoms. The highest BCUT2D eigenvalue weighted by Crippen LogP contribution is 2.29. The molecular weight excluding hydrogens is 265 g/mol. The number of amides is 1. The van der Waals surface area contributed by atoms with Crippen molar-refractivity contribution in [3.05, 3.63) is 11.8 Å². The molecule has 0 radical (unpaired) electrons. The predicted octanol–water partition coefficient (Wildman–Crippen LogP) is 0.457. The van der Waals surface area contributed by atoms with E-state index in [0.29, 0.717) is 0 Å². The number of hydrogen-bond donors (Lipinski definition) is 4. The predicted molar refractivity (Wildman–Crippen MR) is 61.7 cm³/mol. The van der Waals surface area contributed by atoms with Crippen LogP contribution in [0.3, 0.4) is 0 Å². The fourth-order valence-electron chi connectivity index (χ4n) is 1.34. The van der Waals surface area contributed by atoms with Crippen LogP contribution in [0.5, 0.6) is 0 Å². The second-order valence-electron chi connectivity index (χ2n) is 3.82. The van der Waals surface area contributed by atoms with Gasteiger partial charge in [-0.3, -0.25) is 10.2 Å². The van der Waals surface area contributed by atoms with Crippen LogP contribution in [0.25, 0.3) is 0 Å². The average molecular weight is 278 g/mol. The first-order valence-electron chi connectivity index (χ1n) is 5.20. The summed E-state index contributed by atoms with van der Waals surface area (Å²) in [5.41, 5.74) is 5.77. The van der Waals surface area contributed by atoms with Crippen LogP contribution in [0, 0.1) is 0 Å². The molecule has 106 valence electrons. The Kier molecular flexibility index (Phi) is 4.48. The number of nitrogens with two attached hydrogens (primary N) is 2. The van der Waals surface area contributed by atoms with Crippen LogP contribution < -0.4 is 22.3 Å². The highest BCUT2D eigenvalue weighted by molar-refractivity contribution is 5.74. The topological polar surface area (TPSA) is 119 Å². The van der Waals surface area contributed by atoms with Gasteiger partial charge in [-0.25, -0.2) is 10.8 Å². The zero-order valence-corrected chi connectivity index (χ0v) is 9.95. The molecule has 7 nitrogen and oxygen atoms in total. The first kappa shape index (κ1) is 15.0. The van der Waals surface area contributed by atoms with Crippen LogP contribution in [0.2, 0.25) is 0 Å². The SMILES string of the molecule is CC(CC(N)=O)Nc1cc(C(F)(F)F)nc(NN)n1. The first-order valence-corrected chi connectivity index (χ1v) is 5.20. The van der Waals surface area contributed by atoms with Crippen molar-refractivity contribution in [3.8, 4) is 0 Å². The molecule has 0 spiro atoms. The number of alkyl halides is 3. The van der Waals surface area contributed by atoms with Gasteiger partial charge in [0.1, 0.15) is 5.82 Å². The van der Waals surface area contributed by atoms with E-state index in [4.69, 9.17) is 11.6 Å². The Hall–Kier alpha value is -2.10. The molecule has 1 heterocycles. The van der Waals surface area contributed by atoms with Crippen LogP contribution in [-0.4, -0.2) is 21.9 Å². The Morgan fingerprint density at radius 1 is 1.47 bits per heavy atom. The smallest absolute Gasteiger partial charge is 0.370 e. The number of halogens is 3. The van der Waals surface area contributed by atoms with Crippen molar-refractivity contribution < 1.29 is 18.0 Å². The molecule has 0 fully saturated rings. The number of carbonyl (C=O) groups is 1. The fourth-order valence-corrected chi connectivity index (χ4v) is 1.34. The molecule has 0 saturated heterocycles. The van der Waals surface area contributed by atoms with Crippen LogP contribution in [0.4, 0.5) is 24.9 Å². The maximum Gasteiger partial charge on any atom is 0.433 e. The van der Waals surface area contributed by atoms with Gasteiger partial charge in [-0.2, -0.15) is 18.2 Å². The van der Waals surface area contributed by atoms with Crippen LogP contribution in [0.15, 0.2) is 6.07 Å². The van der Waals surface area contributed by atoms with E-state index < -0.39 is 23.8 Å². The maximum atomic E-state index is 12.6. The Morgan fingerprint density at radius 2 is 2.11 bits per heavy atom. The number of nitrogens with one attached hydrogen (secondary N) is 2. The highest BCUT2D eigenvalue weighted by Gasteiger charge is 2.33. The first-order chi connectivity index (χ1) is 8.72. The van der Waals surface area contributed by atoms with Crippen molar-refractivity contribution in [3.63, 3.8) is 0 Å². The van der Waals surface area contributed by atoms with Gasteiger partial charge in [0.05, 0.1) is 0 Å². The highest BCUT2D eigenvalue weighted by atomic mass is 19.4. The molecule has 0 aliphatic heterocycles. The lowest BCUT2D eigenvalue weighted by molar-refractivity contribution is -0.141. The molecule has 1 aromatic heterocycles. The van der Waals surface area contributed by atoms with Gasteiger partial charge in [-0.1, -0.05) is 0 Å². The summed E-state index contributed by atoms with van der Waals surface area (Å²) < 4.78 is 37.7. The molecule has 0 bridgehead atoms. The van der Waals surface area contributed by atoms with E-state index in [1.54, 1.807) is 6.92 Å². The molecule has 1 aromatic rings. The lowest BCUT2D eigenvalue weighted by Crippen LogP contribution is -2.25. The number of hydrogen-bond acceptors (Lipinski definition) is 6. The third-order valence-corrected chi connectivity index (χ3v) is 2.05. The second kappa shape index (κ2) is 5.69. The van der Waals surface area contributed by atoms with Crippen molar-refractivity contribution in [1.29, 1.82) is 0 Å². The summed E-state index contributed by atoms with van der Waals surface area (Å²) in [6, 6.07) is 0.248. The second-order valence-corrected chi connectivity index (χ2v) is 3.82. The van der Waals surface area contributed by atoms with Gasteiger partial charge in [0.15, 0.2) is 5.69 Å². The minimum absolute atomic E-state index is 0.0449. The third kappa shape index (κ3) is 4.58. The number of nitrogen functional groups attached to an aromatic ring is 1. The summed E-state index contributed by atoms with van der Waals surface area (Å²) in [4.78, 5) is 17.6. The van der Waals surface area contributed by atoms with E-state index in [1.165, 1.54) is 0 Å². The Bertz CT molecular complexity index is 464. The van der Waals surface area contributed by atoms with E-state index in [2.05, 4.69) is 15.3 Å². The van der Waals surface area contributed by atoms with Gasteiger partial charge in [-0.15, -0.1) is 0 Å². The minimum Gasteiger partial charge on any atom is -0.370 e. The molecule has 0 aliphatic rings. The third-order valence-electron chi connectivity index (χ3n) is 2.05. The molecule has 6 N–H and O–H groups in total. The Labute approximate surface area is 106 Å². The number of carbonyl (C=O) groups excluding carboxylic acids is 1. The summed E-state index contributed by atoms with van der Waals surface area (Å²) in [6.45, 7) is 1.58. The van der Waals surface area contributed by atoms with Crippen molar-refractivity contribution in [2.75, 3.05) is 10.7 Å². The van der Waals surface area contributed by atoms with Gasteiger partial charge < -0.3 is 11.1 Å². The zero-order chi connectivity index (χ0) is 14.6. The number of hydrazine groups is 1. The van der Waals surface area contributed by atoms with Gasteiger partial charge in [-0.05, 0) is 6.92 Å². The summed E-state index contributed by atoms with van der Waals surface area (Å²) in [5, 5.41) is 2.61. The van der Waals surface area contributed by atoms with Crippen molar-refractivity contribution >= 4 is 17.7 Å². The molecule has 1 atom stereocenters. The van der Waals surface area contributed by atoms with Gasteiger partial charge in [0.25, 0.3) is 0 Å². The van der Waals surface area contributed by atoms with Crippen molar-refractivity contribution in [2.45, 2.75) is 25.6 Å². The lowest BCUT2D eigenvalue weighted by Gasteiger charge is -2.15. The van der Waals surface area contributed by atoms with Gasteiger partial charge in [0.2, 0.25) is 11.9 Å². The van der Waals surface area contributed by atoms with Crippen LogP contribution >= 0.6 is 0 Å². The molecule has 10 heteroatoms. The normalized spacial score (nSPS) is 12.9. The van der Waals surface area contributed by atoms with Crippen molar-refractivity contribution in [1.82, 2.24) is 9.97 Å². The zero-order valence-electron chi connectivity index (χ0n) is 9.95. The molecular formula is C9H13F3N6O. The average Bonchev–Trinajstić information content (AvgIpc) is 2.25. The van der Waals surface area contributed by atoms with Gasteiger partial charge >= 0.3 is 6.18 Å². The quantitative estimate of drug-likeness (QED) is 0.459. The number of anilines is 2. The standard InChI is InChI=1S/C9H13F3N6O/c1-4(2-6(13)19)15-7-3-5(9(10,11)12)16-8(17-7)18-14/h3-4H,2,14H2,1H3,(H2,13,19)(H2,15,16,17,18). The van der Waals surface area contributed by atoms with Crippen LogP contribution in [-0.2, 0) is 11.0 Å². The Morgan fingerprint density at radius 3 is 2.58 bits per heavy atom. The fraction of sp³-hybridized carbons (Fsp3) is 0.444. The van der Waals surface area contributed by atoms with E-state index in [9.17, 15) is 18.0 Å². The van der Waals surface area contributed by atoms with Crippen LogP contribution in [0.1, 0.15) is 19.0 Å². The molecule has 1 rings (SSSR count). The monoisotopic (exact) mass is 278 g/mol. The van der Waals surface area contributed by atoms with E-state index >= 15 is 0 Å². The summed E-state index contributed by atoms with van der Waals surface area (Å²) in [7, 11) is 0. The number of aromatic nitrogens is 2. The van der Waals surface area contributed by atoms with Crippen molar-refractivity contribution in [2.24, 2.45) is 11.6 Å². The molecule has 0 aliphatic carbocycles. The number of rotatable bonds is 5. The lowest BCUT2D eigenvalue weighted by atomic mass is 10.2. The molecule has 0 saturated carbocycles. The number of nitrogens with zero attached hydrogens (tertiary/aromatic N) is 2. The minimum atomic E-state index is -4.63. The maximum absolute atomic E-state index is 12.6. The summed E-state index contributed by atoms with van der Waals surface area (Å²) in [5.74, 6) is 3.92. The van der Waals surface area contributed by atoms with Gasteiger partial charge in [0, 0.05) is 18.5 Å². The largest absolute Gasteiger partial charge is 0.433 e. The molecule has 1 amide bonds. The number of primary amides is 1. The molecule has 0 aromatic carbocycles. The summed E-state index contributed by atoms with van der Waals surface area (Å²) >= 11 is 0.